The van der Waals surface area contributed by atoms with Crippen molar-refractivity contribution in [1.82, 2.24) is 9.97 Å². The number of hydrogen-bond donors (Lipinski definition) is 0. The quantitative estimate of drug-likeness (QED) is 0.823. The normalized spacial score (nSPS) is 15.8. The number of benzene rings is 1. The smallest absolute Gasteiger partial charge is 0.433 e. The van der Waals surface area contributed by atoms with E-state index in [1.807, 2.05) is 0 Å². The van der Waals surface area contributed by atoms with Gasteiger partial charge in [-0.1, -0.05) is 0 Å². The number of ether oxygens (including phenoxy) is 3. The van der Waals surface area contributed by atoms with Crippen LogP contribution in [0.15, 0.2) is 12.1 Å². The average molecular weight is 352 g/mol. The first-order valence-corrected chi connectivity index (χ1v) is 7.92. The largest absolute Gasteiger partial charge is 0.496 e. The summed E-state index contributed by atoms with van der Waals surface area (Å²) in [4.78, 5) is 8.25. The second-order valence-corrected chi connectivity index (χ2v) is 5.93. The third kappa shape index (κ3) is 2.75. The number of methoxy groups -OCH3 is 1. The molecule has 0 amide bonds. The summed E-state index contributed by atoms with van der Waals surface area (Å²) in [5, 5.41) is 0. The van der Waals surface area contributed by atoms with Crippen molar-refractivity contribution in [2.75, 3.05) is 13.9 Å². The summed E-state index contributed by atoms with van der Waals surface area (Å²) < 4.78 is 56.4. The molecule has 25 heavy (non-hydrogen) atoms. The van der Waals surface area contributed by atoms with Crippen LogP contribution in [0.1, 0.15) is 29.8 Å². The third-order valence-corrected chi connectivity index (χ3v) is 4.39. The van der Waals surface area contributed by atoms with E-state index in [9.17, 15) is 13.2 Å². The summed E-state index contributed by atoms with van der Waals surface area (Å²) in [5.41, 5.74) is 0.169. The second kappa shape index (κ2) is 5.79. The topological polar surface area (TPSA) is 53.5 Å². The molecule has 2 aromatic rings. The first kappa shape index (κ1) is 16.0. The Kier molecular flexibility index (Phi) is 3.70. The predicted octanol–water partition coefficient (Wildman–Crippen LogP) is 3.78. The van der Waals surface area contributed by atoms with E-state index in [1.165, 1.54) is 7.11 Å². The molecule has 0 spiro atoms. The number of alkyl halides is 3. The standard InChI is InChI=1S/C17H15F3N2O3/c1-23-12-7-14-13(24-8-25-14)6-10(12)16-21-11-5-3-2-4-9(11)15(22-16)17(18,19)20/h6-7H,2-5,8H2,1H3. The van der Waals surface area contributed by atoms with Crippen molar-refractivity contribution >= 4 is 0 Å². The maximum atomic E-state index is 13.5. The van der Waals surface area contributed by atoms with E-state index in [0.29, 0.717) is 47.8 Å². The molecule has 0 atom stereocenters. The van der Waals surface area contributed by atoms with Crippen LogP contribution in [0.3, 0.4) is 0 Å². The number of nitrogens with zero attached hydrogens (tertiary/aromatic N) is 2. The van der Waals surface area contributed by atoms with Crippen molar-refractivity contribution in [2.45, 2.75) is 31.9 Å². The van der Waals surface area contributed by atoms with Crippen LogP contribution in [0.5, 0.6) is 17.2 Å². The fourth-order valence-corrected chi connectivity index (χ4v) is 3.22. The minimum absolute atomic E-state index is 0.0110. The average Bonchev–Trinajstić information content (AvgIpc) is 3.06. The Morgan fingerprint density at radius 1 is 1.04 bits per heavy atom. The van der Waals surface area contributed by atoms with Gasteiger partial charge in [-0.2, -0.15) is 13.2 Å². The maximum absolute atomic E-state index is 13.5. The Bertz CT molecular complexity index is 837. The van der Waals surface area contributed by atoms with E-state index < -0.39 is 11.9 Å². The highest BCUT2D eigenvalue weighted by atomic mass is 19.4. The molecule has 0 saturated heterocycles. The summed E-state index contributed by atoms with van der Waals surface area (Å²) in [6, 6.07) is 3.14. The number of hydrogen-bond acceptors (Lipinski definition) is 5. The summed E-state index contributed by atoms with van der Waals surface area (Å²) >= 11 is 0. The maximum Gasteiger partial charge on any atom is 0.433 e. The highest BCUT2D eigenvalue weighted by Gasteiger charge is 2.38. The lowest BCUT2D eigenvalue weighted by Crippen LogP contribution is -2.19. The van der Waals surface area contributed by atoms with Gasteiger partial charge in [0.15, 0.2) is 23.0 Å². The van der Waals surface area contributed by atoms with Gasteiger partial charge in [0.1, 0.15) is 5.75 Å². The Morgan fingerprint density at radius 2 is 1.76 bits per heavy atom. The van der Waals surface area contributed by atoms with Crippen molar-refractivity contribution in [2.24, 2.45) is 0 Å². The van der Waals surface area contributed by atoms with Crippen molar-refractivity contribution in [3.05, 3.63) is 29.1 Å². The van der Waals surface area contributed by atoms with Gasteiger partial charge >= 0.3 is 6.18 Å². The fourth-order valence-electron chi connectivity index (χ4n) is 3.22. The minimum atomic E-state index is -4.53. The zero-order chi connectivity index (χ0) is 17.6. The molecule has 8 heteroatoms. The highest BCUT2D eigenvalue weighted by molar-refractivity contribution is 5.70. The van der Waals surface area contributed by atoms with Gasteiger partial charge in [-0.3, -0.25) is 0 Å². The number of rotatable bonds is 2. The van der Waals surface area contributed by atoms with Crippen molar-refractivity contribution < 1.29 is 27.4 Å². The number of halogens is 3. The minimum Gasteiger partial charge on any atom is -0.496 e. The zero-order valence-corrected chi connectivity index (χ0v) is 13.4. The van der Waals surface area contributed by atoms with Crippen molar-refractivity contribution in [3.63, 3.8) is 0 Å². The van der Waals surface area contributed by atoms with Crippen molar-refractivity contribution in [1.29, 1.82) is 0 Å². The van der Waals surface area contributed by atoms with Gasteiger partial charge in [0, 0.05) is 17.3 Å². The summed E-state index contributed by atoms with van der Waals surface area (Å²) in [5.74, 6) is 1.25. The molecule has 0 fully saturated rings. The Morgan fingerprint density at radius 3 is 2.48 bits per heavy atom. The molecule has 0 unspecified atom stereocenters. The molecular formula is C17H15F3N2O3. The Balaban J connectivity index is 1.92. The monoisotopic (exact) mass is 352 g/mol. The zero-order valence-electron chi connectivity index (χ0n) is 13.4. The fraction of sp³-hybridized carbons (Fsp3) is 0.412. The van der Waals surface area contributed by atoms with Crippen LogP contribution in [-0.4, -0.2) is 23.9 Å². The number of fused-ring (bicyclic) bond motifs is 2. The molecule has 1 aliphatic carbocycles. The molecule has 0 N–H and O–H groups in total. The lowest BCUT2D eigenvalue weighted by Gasteiger charge is -2.21. The predicted molar refractivity (Wildman–Crippen MR) is 81.8 cm³/mol. The van der Waals surface area contributed by atoms with E-state index in [1.54, 1.807) is 12.1 Å². The van der Waals surface area contributed by atoms with Gasteiger partial charge < -0.3 is 14.2 Å². The van der Waals surface area contributed by atoms with Crippen LogP contribution in [0, 0.1) is 0 Å². The SMILES string of the molecule is COc1cc2c(cc1-c1nc3c(c(C(F)(F)F)n1)CCCC3)OCO2. The summed E-state index contributed by atoms with van der Waals surface area (Å²) in [6.07, 6.45) is -2.13. The van der Waals surface area contributed by atoms with Crippen molar-refractivity contribution in [3.8, 4) is 28.6 Å². The molecule has 5 nitrogen and oxygen atoms in total. The lowest BCUT2D eigenvalue weighted by molar-refractivity contribution is -0.142. The molecule has 0 radical (unpaired) electrons. The number of aromatic nitrogens is 2. The van der Waals surface area contributed by atoms with Gasteiger partial charge in [0.05, 0.1) is 12.7 Å². The third-order valence-electron chi connectivity index (χ3n) is 4.39. The molecule has 1 aliphatic heterocycles. The Hall–Kier alpha value is -2.51. The molecular weight excluding hydrogens is 337 g/mol. The van der Waals surface area contributed by atoms with Crippen LogP contribution >= 0.6 is 0 Å². The van der Waals surface area contributed by atoms with Crippen LogP contribution in [0.2, 0.25) is 0 Å². The van der Waals surface area contributed by atoms with E-state index in [-0.39, 0.29) is 18.2 Å². The summed E-state index contributed by atoms with van der Waals surface area (Å²) in [7, 11) is 1.43. The molecule has 0 bridgehead atoms. The van der Waals surface area contributed by atoms with Crippen LogP contribution < -0.4 is 14.2 Å². The molecule has 4 rings (SSSR count). The van der Waals surface area contributed by atoms with E-state index in [2.05, 4.69) is 9.97 Å². The lowest BCUT2D eigenvalue weighted by atomic mass is 9.94. The Labute approximate surface area is 141 Å². The van der Waals surface area contributed by atoms with Gasteiger partial charge in [0.25, 0.3) is 0 Å². The molecule has 1 aromatic heterocycles. The van der Waals surface area contributed by atoms with Crippen LogP contribution in [-0.2, 0) is 19.0 Å². The molecule has 2 heterocycles. The summed E-state index contributed by atoms with van der Waals surface area (Å²) in [6.45, 7) is 0.0563. The highest BCUT2D eigenvalue weighted by Crippen LogP contribution is 2.43. The van der Waals surface area contributed by atoms with E-state index in [0.717, 1.165) is 6.42 Å². The van der Waals surface area contributed by atoms with Gasteiger partial charge in [-0.15, -0.1) is 0 Å². The van der Waals surface area contributed by atoms with Crippen LogP contribution in [0.25, 0.3) is 11.4 Å². The number of aryl methyl sites for hydroxylation is 1. The van der Waals surface area contributed by atoms with Gasteiger partial charge in [-0.25, -0.2) is 9.97 Å². The van der Waals surface area contributed by atoms with E-state index >= 15 is 0 Å². The van der Waals surface area contributed by atoms with E-state index in [4.69, 9.17) is 14.2 Å². The van der Waals surface area contributed by atoms with Gasteiger partial charge in [-0.05, 0) is 31.7 Å². The molecule has 1 aromatic carbocycles. The second-order valence-electron chi connectivity index (χ2n) is 5.93. The first-order valence-electron chi connectivity index (χ1n) is 7.92. The molecule has 2 aliphatic rings. The molecule has 0 saturated carbocycles. The first-order chi connectivity index (χ1) is 12.0. The molecule has 132 valence electrons. The van der Waals surface area contributed by atoms with Gasteiger partial charge in [0.2, 0.25) is 6.79 Å². The van der Waals surface area contributed by atoms with Crippen LogP contribution in [0.4, 0.5) is 13.2 Å².